The lowest BCUT2D eigenvalue weighted by Crippen LogP contribution is -2.54. The van der Waals surface area contributed by atoms with E-state index in [9.17, 15) is 9.90 Å². The van der Waals surface area contributed by atoms with Crippen molar-refractivity contribution < 1.29 is 19.1 Å². The predicted octanol–water partition coefficient (Wildman–Crippen LogP) is 4.31. The van der Waals surface area contributed by atoms with Crippen LogP contribution in [0.15, 0.2) is 5.38 Å². The first kappa shape index (κ1) is 24.1. The molecule has 1 aromatic heterocycles. The monoisotopic (exact) mass is 416 g/mol. The molecule has 0 aliphatic heterocycles. The zero-order valence-corrected chi connectivity index (χ0v) is 20.0. The normalized spacial score (nSPS) is 14.1. The van der Waals surface area contributed by atoms with Gasteiger partial charge >= 0.3 is 5.97 Å². The average molecular weight is 417 g/mol. The second-order valence-corrected chi connectivity index (χ2v) is 14.7. The molecule has 1 unspecified atom stereocenters. The maximum Gasteiger partial charge on any atom is 0.341 e. The fraction of sp³-hybridized carbons (Fsp3) is 0.737. The topological polar surface area (TPSA) is 79.8 Å². The molecule has 8 heteroatoms. The fourth-order valence-corrected chi connectivity index (χ4v) is 4.27. The Bertz CT molecular complexity index is 638. The Hall–Kier alpha value is -0.933. The van der Waals surface area contributed by atoms with Gasteiger partial charge in [-0.25, -0.2) is 4.79 Å². The van der Waals surface area contributed by atoms with Crippen LogP contribution in [0.2, 0.25) is 18.1 Å². The smallest absolute Gasteiger partial charge is 0.341 e. The highest BCUT2D eigenvalue weighted by Crippen LogP contribution is 2.37. The number of carbonyl (C=O) groups is 1. The van der Waals surface area contributed by atoms with Gasteiger partial charge in [-0.2, -0.15) is 0 Å². The van der Waals surface area contributed by atoms with E-state index in [0.717, 1.165) is 5.56 Å². The highest BCUT2D eigenvalue weighted by Gasteiger charge is 2.38. The number of carbonyl (C=O) groups excluding carboxylic acids is 1. The minimum absolute atomic E-state index is 0.128. The summed E-state index contributed by atoms with van der Waals surface area (Å²) in [7, 11) is -1.87. The molecule has 1 heterocycles. The molecule has 0 saturated heterocycles. The molecule has 3 N–H and O–H groups in total. The van der Waals surface area contributed by atoms with Crippen molar-refractivity contribution in [3.05, 3.63) is 16.5 Å². The van der Waals surface area contributed by atoms with Crippen molar-refractivity contribution in [3.8, 4) is 0 Å². The largest absolute Gasteiger partial charge is 0.462 e. The number of aryl methyl sites for hydroxylation is 1. The Morgan fingerprint density at radius 1 is 1.30 bits per heavy atom. The van der Waals surface area contributed by atoms with Gasteiger partial charge < -0.3 is 19.6 Å². The molecule has 0 spiro atoms. The number of aliphatic hydroxyl groups is 1. The van der Waals surface area contributed by atoms with Crippen molar-refractivity contribution in [1.82, 2.24) is 5.32 Å². The van der Waals surface area contributed by atoms with E-state index in [-0.39, 0.29) is 11.0 Å². The Labute approximate surface area is 168 Å². The van der Waals surface area contributed by atoms with Gasteiger partial charge in [0.25, 0.3) is 0 Å². The number of ether oxygens (including phenoxy) is 1. The van der Waals surface area contributed by atoms with E-state index in [1.165, 1.54) is 11.3 Å². The third-order valence-electron chi connectivity index (χ3n) is 4.85. The van der Waals surface area contributed by atoms with Gasteiger partial charge in [-0.15, -0.1) is 11.3 Å². The van der Waals surface area contributed by atoms with Gasteiger partial charge in [0, 0.05) is 5.54 Å². The Kier molecular flexibility index (Phi) is 8.07. The van der Waals surface area contributed by atoms with Crippen LogP contribution in [0.25, 0.3) is 0 Å². The third kappa shape index (κ3) is 6.87. The van der Waals surface area contributed by atoms with Gasteiger partial charge in [-0.1, -0.05) is 20.8 Å². The second-order valence-electron chi connectivity index (χ2n) is 8.97. The molecule has 0 fully saturated rings. The molecule has 1 aromatic rings. The van der Waals surface area contributed by atoms with Crippen LogP contribution >= 0.6 is 11.3 Å². The van der Waals surface area contributed by atoms with Gasteiger partial charge in [-0.05, 0) is 56.8 Å². The summed E-state index contributed by atoms with van der Waals surface area (Å²) in [5.41, 5.74) is 0.852. The van der Waals surface area contributed by atoms with Crippen LogP contribution in [0.3, 0.4) is 0 Å². The Balaban J connectivity index is 2.74. The fourth-order valence-electron chi connectivity index (χ4n) is 2.16. The molecule has 1 atom stereocenters. The van der Waals surface area contributed by atoms with Crippen molar-refractivity contribution >= 4 is 30.6 Å². The molecule has 156 valence electrons. The molecule has 0 aliphatic carbocycles. The lowest BCUT2D eigenvalue weighted by atomic mass is 10.1. The van der Waals surface area contributed by atoms with E-state index in [1.54, 1.807) is 6.92 Å². The SMILES string of the molecule is CCOC(=O)c1c(C)csc1NC(O)NC(C)(C)CO[Si](C)(C)C(C)(C)C. The van der Waals surface area contributed by atoms with Crippen LogP contribution in [0.4, 0.5) is 5.00 Å². The molecule has 6 nitrogen and oxygen atoms in total. The Morgan fingerprint density at radius 2 is 1.89 bits per heavy atom. The first-order valence-corrected chi connectivity index (χ1v) is 13.1. The standard InChI is InChI=1S/C19H36N2O4SSi/c1-10-24-16(22)14-13(2)11-26-15(14)20-17(23)21-19(6,7)12-25-27(8,9)18(3,4)5/h11,17,20-21,23H,10,12H2,1-9H3. The number of rotatable bonds is 9. The van der Waals surface area contributed by atoms with Crippen LogP contribution in [-0.2, 0) is 9.16 Å². The van der Waals surface area contributed by atoms with E-state index in [2.05, 4.69) is 44.5 Å². The van der Waals surface area contributed by atoms with Crippen molar-refractivity contribution in [3.63, 3.8) is 0 Å². The number of esters is 1. The highest BCUT2D eigenvalue weighted by molar-refractivity contribution is 7.14. The van der Waals surface area contributed by atoms with Crippen molar-refractivity contribution in [2.24, 2.45) is 0 Å². The van der Waals surface area contributed by atoms with Crippen molar-refractivity contribution in [2.75, 3.05) is 18.5 Å². The quantitative estimate of drug-likeness (QED) is 0.316. The van der Waals surface area contributed by atoms with Gasteiger partial charge in [0.05, 0.1) is 18.8 Å². The van der Waals surface area contributed by atoms with Gasteiger partial charge in [0.15, 0.2) is 14.7 Å². The lowest BCUT2D eigenvalue weighted by Gasteiger charge is -2.39. The van der Waals surface area contributed by atoms with E-state index in [4.69, 9.17) is 9.16 Å². The number of aliphatic hydroxyl groups excluding tert-OH is 1. The number of hydrogen-bond donors (Lipinski definition) is 3. The van der Waals surface area contributed by atoms with Crippen molar-refractivity contribution in [2.45, 2.75) is 78.5 Å². The first-order valence-electron chi connectivity index (χ1n) is 9.31. The van der Waals surface area contributed by atoms with E-state index in [1.807, 2.05) is 26.2 Å². The van der Waals surface area contributed by atoms with Gasteiger partial charge in [0.2, 0.25) is 0 Å². The van der Waals surface area contributed by atoms with Crippen LogP contribution in [0, 0.1) is 6.92 Å². The highest BCUT2D eigenvalue weighted by atomic mass is 32.1. The van der Waals surface area contributed by atoms with Gasteiger partial charge in [0.1, 0.15) is 5.00 Å². The number of anilines is 1. The maximum absolute atomic E-state index is 12.1. The van der Waals surface area contributed by atoms with Crippen LogP contribution in [0.5, 0.6) is 0 Å². The third-order valence-corrected chi connectivity index (χ3v) is 10.4. The summed E-state index contributed by atoms with van der Waals surface area (Å²) in [6, 6.07) is 0. The minimum Gasteiger partial charge on any atom is -0.462 e. The van der Waals surface area contributed by atoms with E-state index < -0.39 is 20.2 Å². The molecule has 0 bridgehead atoms. The minimum atomic E-state index is -1.87. The zero-order valence-electron chi connectivity index (χ0n) is 18.1. The van der Waals surface area contributed by atoms with E-state index in [0.29, 0.717) is 23.8 Å². The van der Waals surface area contributed by atoms with E-state index >= 15 is 0 Å². The van der Waals surface area contributed by atoms with Crippen molar-refractivity contribution in [1.29, 1.82) is 0 Å². The number of nitrogens with one attached hydrogen (secondary N) is 2. The summed E-state index contributed by atoms with van der Waals surface area (Å²) in [4.78, 5) is 12.1. The number of thiophene rings is 1. The Morgan fingerprint density at radius 3 is 2.41 bits per heavy atom. The summed E-state index contributed by atoms with van der Waals surface area (Å²) in [6.07, 6.45) is -1.02. The van der Waals surface area contributed by atoms with Crippen LogP contribution in [-0.4, -0.2) is 44.5 Å². The molecule has 0 saturated carbocycles. The number of hydrogen-bond acceptors (Lipinski definition) is 7. The molecular formula is C19H36N2O4SSi. The molecule has 0 aromatic carbocycles. The molecule has 0 amide bonds. The molecular weight excluding hydrogens is 380 g/mol. The van der Waals surface area contributed by atoms with Crippen LogP contribution < -0.4 is 10.6 Å². The maximum atomic E-state index is 12.1. The second kappa shape index (κ2) is 9.04. The molecule has 0 aliphatic rings. The van der Waals surface area contributed by atoms with Gasteiger partial charge in [-0.3, -0.25) is 5.32 Å². The summed E-state index contributed by atoms with van der Waals surface area (Å²) >= 11 is 1.37. The summed E-state index contributed by atoms with van der Waals surface area (Å²) in [5.74, 6) is -0.383. The van der Waals surface area contributed by atoms with Crippen LogP contribution in [0.1, 0.15) is 57.5 Å². The molecule has 27 heavy (non-hydrogen) atoms. The summed E-state index contributed by atoms with van der Waals surface area (Å²) in [6.45, 7) is 19.4. The predicted molar refractivity (Wildman–Crippen MR) is 115 cm³/mol. The molecule has 0 radical (unpaired) electrons. The average Bonchev–Trinajstić information content (AvgIpc) is 2.84. The first-order chi connectivity index (χ1) is 12.2. The lowest BCUT2D eigenvalue weighted by molar-refractivity contribution is 0.0526. The zero-order chi connectivity index (χ0) is 21.0. The summed E-state index contributed by atoms with van der Waals surface area (Å²) < 4.78 is 11.4. The summed E-state index contributed by atoms with van der Waals surface area (Å²) in [5, 5.41) is 19.2. The molecule has 1 rings (SSSR count).